The molecule has 2 heterocycles. The number of ether oxygens (including phenoxy) is 2. The highest BCUT2D eigenvalue weighted by Crippen LogP contribution is 2.37. The van der Waals surface area contributed by atoms with E-state index in [0.29, 0.717) is 39.0 Å². The molecule has 3 aromatic rings. The summed E-state index contributed by atoms with van der Waals surface area (Å²) in [5.74, 6) is 0.418. The van der Waals surface area contributed by atoms with Gasteiger partial charge in [0, 0.05) is 17.7 Å². The lowest BCUT2D eigenvalue weighted by molar-refractivity contribution is -0.159. The molecule has 1 aromatic heterocycles. The first-order valence-electron chi connectivity index (χ1n) is 11.5. The van der Waals surface area contributed by atoms with Crippen LogP contribution in [-0.2, 0) is 16.1 Å². The zero-order valence-corrected chi connectivity index (χ0v) is 18.9. The number of aromatic nitrogens is 2. The molecule has 1 saturated heterocycles. The van der Waals surface area contributed by atoms with Gasteiger partial charge in [0.15, 0.2) is 0 Å². The Kier molecular flexibility index (Phi) is 7.40. The molecule has 7 heteroatoms. The summed E-state index contributed by atoms with van der Waals surface area (Å²) in [7, 11) is 0. The van der Waals surface area contributed by atoms with Crippen molar-refractivity contribution in [2.45, 2.75) is 32.7 Å². The molecule has 1 aliphatic heterocycles. The molecule has 174 valence electrons. The molecule has 6 nitrogen and oxygen atoms in total. The summed E-state index contributed by atoms with van der Waals surface area (Å²) < 4.78 is 24.6. The summed E-state index contributed by atoms with van der Waals surface area (Å²) in [6, 6.07) is 16.1. The predicted molar refractivity (Wildman–Crippen MR) is 124 cm³/mol. The fourth-order valence-electron chi connectivity index (χ4n) is 4.40. The van der Waals surface area contributed by atoms with Gasteiger partial charge in [0.05, 0.1) is 30.5 Å². The van der Waals surface area contributed by atoms with E-state index in [2.05, 4.69) is 15.1 Å². The second-order valence-electron chi connectivity index (χ2n) is 8.47. The van der Waals surface area contributed by atoms with E-state index in [0.717, 1.165) is 35.7 Å². The van der Waals surface area contributed by atoms with E-state index in [1.165, 1.54) is 12.1 Å². The maximum atomic E-state index is 13.3. The number of hydrogen-bond donors (Lipinski definition) is 1. The first-order chi connectivity index (χ1) is 16.1. The first kappa shape index (κ1) is 23.0. The number of halogens is 1. The molecular weight excluding hydrogens is 421 g/mol. The van der Waals surface area contributed by atoms with Gasteiger partial charge in [-0.2, -0.15) is 5.10 Å². The molecule has 1 N–H and O–H groups in total. The average molecular weight is 452 g/mol. The molecule has 1 aliphatic rings. The number of nitrogens with one attached hydrogen (secondary N) is 1. The lowest BCUT2D eigenvalue weighted by Crippen LogP contribution is -2.45. The van der Waals surface area contributed by atoms with E-state index in [1.807, 2.05) is 43.5 Å². The summed E-state index contributed by atoms with van der Waals surface area (Å²) in [6.45, 7) is 4.95. The monoisotopic (exact) mass is 451 g/mol. The summed E-state index contributed by atoms with van der Waals surface area (Å²) in [4.78, 5) is 15.2. The lowest BCUT2D eigenvalue weighted by atomic mass is 9.75. The van der Waals surface area contributed by atoms with Crippen LogP contribution < -0.4 is 4.74 Å². The molecule has 0 bridgehead atoms. The average Bonchev–Trinajstić information content (AvgIpc) is 3.30. The third-order valence-corrected chi connectivity index (χ3v) is 6.36. The van der Waals surface area contributed by atoms with Crippen molar-refractivity contribution in [3.05, 3.63) is 72.2 Å². The van der Waals surface area contributed by atoms with E-state index >= 15 is 0 Å². The van der Waals surface area contributed by atoms with E-state index in [4.69, 9.17) is 9.47 Å². The molecule has 0 aliphatic carbocycles. The fourth-order valence-corrected chi connectivity index (χ4v) is 4.40. The van der Waals surface area contributed by atoms with Crippen molar-refractivity contribution in [3.63, 3.8) is 0 Å². The molecule has 0 saturated carbocycles. The van der Waals surface area contributed by atoms with Crippen LogP contribution in [0.25, 0.3) is 11.3 Å². The molecule has 4 rings (SSSR count). The summed E-state index contributed by atoms with van der Waals surface area (Å²) in [6.07, 6.45) is 3.88. The van der Waals surface area contributed by atoms with Gasteiger partial charge in [0.25, 0.3) is 0 Å². The van der Waals surface area contributed by atoms with Crippen LogP contribution in [-0.4, -0.2) is 47.4 Å². The van der Waals surface area contributed by atoms with Crippen LogP contribution in [0.2, 0.25) is 0 Å². The SMILES string of the molecule is CCOC(=O)C1(CCOc2ccccc2)CCN(Cc2cn[nH]c2-c2ccc(F)cc2)CC1. The Morgan fingerprint density at radius 1 is 1.12 bits per heavy atom. The van der Waals surface area contributed by atoms with Gasteiger partial charge in [-0.3, -0.25) is 14.8 Å². The maximum absolute atomic E-state index is 13.3. The van der Waals surface area contributed by atoms with Crippen LogP contribution in [0.1, 0.15) is 31.7 Å². The minimum absolute atomic E-state index is 0.128. The van der Waals surface area contributed by atoms with Crippen molar-refractivity contribution >= 4 is 5.97 Å². The van der Waals surface area contributed by atoms with Crippen molar-refractivity contribution in [2.24, 2.45) is 5.41 Å². The number of rotatable bonds is 9. The number of hydrogen-bond acceptors (Lipinski definition) is 5. The minimum atomic E-state index is -0.530. The number of benzene rings is 2. The number of carbonyl (C=O) groups excluding carboxylic acids is 1. The van der Waals surface area contributed by atoms with Gasteiger partial charge >= 0.3 is 5.97 Å². The number of carbonyl (C=O) groups is 1. The Bertz CT molecular complexity index is 1030. The van der Waals surface area contributed by atoms with E-state index < -0.39 is 5.41 Å². The van der Waals surface area contributed by atoms with Gasteiger partial charge in [0.2, 0.25) is 0 Å². The third kappa shape index (κ3) is 5.60. The number of H-pyrrole nitrogens is 1. The van der Waals surface area contributed by atoms with Crippen LogP contribution in [0.4, 0.5) is 4.39 Å². The van der Waals surface area contributed by atoms with Gasteiger partial charge in [-0.25, -0.2) is 4.39 Å². The second kappa shape index (κ2) is 10.6. The molecule has 0 amide bonds. The maximum Gasteiger partial charge on any atom is 0.312 e. The highest BCUT2D eigenvalue weighted by Gasteiger charge is 2.42. The van der Waals surface area contributed by atoms with Crippen molar-refractivity contribution in [3.8, 4) is 17.0 Å². The standard InChI is InChI=1S/C26H30FN3O3/c1-2-32-25(31)26(14-17-33-23-6-4-3-5-7-23)12-15-30(16-13-26)19-21-18-28-29-24(21)20-8-10-22(27)11-9-20/h3-11,18H,2,12-17,19H2,1H3,(H,28,29). The molecule has 2 aromatic carbocycles. The molecule has 0 atom stereocenters. The Labute approximate surface area is 193 Å². The third-order valence-electron chi connectivity index (χ3n) is 6.36. The van der Waals surface area contributed by atoms with Crippen LogP contribution in [0.3, 0.4) is 0 Å². The topological polar surface area (TPSA) is 67.5 Å². The van der Waals surface area contributed by atoms with Crippen LogP contribution in [0, 0.1) is 11.2 Å². The summed E-state index contributed by atoms with van der Waals surface area (Å²) in [5.41, 5.74) is 2.32. The summed E-state index contributed by atoms with van der Waals surface area (Å²) >= 11 is 0. The molecule has 1 fully saturated rings. The van der Waals surface area contributed by atoms with Crippen LogP contribution in [0.15, 0.2) is 60.8 Å². The highest BCUT2D eigenvalue weighted by atomic mass is 19.1. The zero-order valence-electron chi connectivity index (χ0n) is 18.9. The van der Waals surface area contributed by atoms with E-state index in [-0.39, 0.29) is 11.8 Å². The van der Waals surface area contributed by atoms with Gasteiger partial charge < -0.3 is 9.47 Å². The molecule has 0 unspecified atom stereocenters. The fraction of sp³-hybridized carbons (Fsp3) is 0.385. The minimum Gasteiger partial charge on any atom is -0.494 e. The Balaban J connectivity index is 1.39. The highest BCUT2D eigenvalue weighted by molar-refractivity contribution is 5.77. The van der Waals surface area contributed by atoms with Crippen molar-refractivity contribution in [2.75, 3.05) is 26.3 Å². The van der Waals surface area contributed by atoms with Gasteiger partial charge in [-0.15, -0.1) is 0 Å². The van der Waals surface area contributed by atoms with Crippen molar-refractivity contribution in [1.29, 1.82) is 0 Å². The summed E-state index contributed by atoms with van der Waals surface area (Å²) in [5, 5.41) is 7.24. The first-order valence-corrected chi connectivity index (χ1v) is 11.5. The number of piperidine rings is 1. The van der Waals surface area contributed by atoms with Gasteiger partial charge in [0.1, 0.15) is 11.6 Å². The Hall–Kier alpha value is -3.19. The quantitative estimate of drug-likeness (QED) is 0.472. The largest absolute Gasteiger partial charge is 0.494 e. The zero-order chi connectivity index (χ0) is 23.1. The van der Waals surface area contributed by atoms with Gasteiger partial charge in [-0.05, 0) is 75.7 Å². The normalized spacial score (nSPS) is 15.8. The number of esters is 1. The van der Waals surface area contributed by atoms with Crippen molar-refractivity contribution < 1.29 is 18.7 Å². The van der Waals surface area contributed by atoms with Crippen molar-refractivity contribution in [1.82, 2.24) is 15.1 Å². The van der Waals surface area contributed by atoms with E-state index in [1.54, 1.807) is 12.1 Å². The number of aromatic amines is 1. The van der Waals surface area contributed by atoms with Gasteiger partial charge in [-0.1, -0.05) is 18.2 Å². The van der Waals surface area contributed by atoms with E-state index in [9.17, 15) is 9.18 Å². The lowest BCUT2D eigenvalue weighted by Gasteiger charge is -2.39. The Morgan fingerprint density at radius 3 is 2.55 bits per heavy atom. The Morgan fingerprint density at radius 2 is 1.85 bits per heavy atom. The molecule has 33 heavy (non-hydrogen) atoms. The number of nitrogens with zero attached hydrogens (tertiary/aromatic N) is 2. The van der Waals surface area contributed by atoms with Crippen LogP contribution >= 0.6 is 0 Å². The second-order valence-corrected chi connectivity index (χ2v) is 8.47. The number of para-hydroxylation sites is 1. The smallest absolute Gasteiger partial charge is 0.312 e. The molecular formula is C26H30FN3O3. The predicted octanol–water partition coefficient (Wildman–Crippen LogP) is 4.83. The molecule has 0 radical (unpaired) electrons. The molecule has 0 spiro atoms. The number of likely N-dealkylation sites (tertiary alicyclic amines) is 1. The van der Waals surface area contributed by atoms with Crippen LogP contribution in [0.5, 0.6) is 5.75 Å².